The van der Waals surface area contributed by atoms with Gasteiger partial charge in [-0.15, -0.1) is 0 Å². The minimum absolute atomic E-state index is 0.274. The van der Waals surface area contributed by atoms with Gasteiger partial charge < -0.3 is 5.32 Å². The quantitative estimate of drug-likeness (QED) is 0.652. The van der Waals surface area contributed by atoms with Crippen molar-refractivity contribution in [3.63, 3.8) is 0 Å². The topological polar surface area (TPSA) is 29.1 Å². The smallest absolute Gasteiger partial charge is 0.157 e. The third kappa shape index (κ3) is 5.01. The van der Waals surface area contributed by atoms with Crippen molar-refractivity contribution >= 4 is 5.78 Å². The van der Waals surface area contributed by atoms with Gasteiger partial charge in [-0.05, 0) is 19.8 Å². The van der Waals surface area contributed by atoms with Crippen LogP contribution >= 0.6 is 0 Å². The first-order valence-electron chi connectivity index (χ1n) is 6.22. The molecule has 1 rings (SSSR count). The van der Waals surface area contributed by atoms with Gasteiger partial charge in [0.2, 0.25) is 0 Å². The van der Waals surface area contributed by atoms with Gasteiger partial charge in [-0.3, -0.25) is 4.79 Å². The maximum Gasteiger partial charge on any atom is 0.157 e. The molecule has 0 saturated carbocycles. The minimum Gasteiger partial charge on any atom is -0.386 e. The van der Waals surface area contributed by atoms with Gasteiger partial charge in [-0.25, -0.2) is 0 Å². The SMILES string of the molecule is CCCCCCC(C)NC1=CC(=O)CC1. The third-order valence-corrected chi connectivity index (χ3v) is 2.90. The third-order valence-electron chi connectivity index (χ3n) is 2.90. The fraction of sp³-hybridized carbons (Fsp3) is 0.769. The number of rotatable bonds is 7. The fourth-order valence-corrected chi connectivity index (χ4v) is 1.98. The Morgan fingerprint density at radius 1 is 1.33 bits per heavy atom. The van der Waals surface area contributed by atoms with Crippen LogP contribution in [-0.4, -0.2) is 11.8 Å². The first kappa shape index (κ1) is 12.3. The molecule has 0 saturated heterocycles. The highest BCUT2D eigenvalue weighted by molar-refractivity contribution is 5.92. The van der Waals surface area contributed by atoms with Crippen LogP contribution < -0.4 is 5.32 Å². The molecule has 0 spiro atoms. The van der Waals surface area contributed by atoms with Gasteiger partial charge in [0.05, 0.1) is 0 Å². The van der Waals surface area contributed by atoms with E-state index >= 15 is 0 Å². The molecule has 86 valence electrons. The van der Waals surface area contributed by atoms with E-state index in [1.807, 2.05) is 0 Å². The average molecular weight is 209 g/mol. The summed E-state index contributed by atoms with van der Waals surface area (Å²) in [4.78, 5) is 11.0. The van der Waals surface area contributed by atoms with E-state index in [9.17, 15) is 4.79 Å². The molecular weight excluding hydrogens is 186 g/mol. The molecule has 1 N–H and O–H groups in total. The highest BCUT2D eigenvalue weighted by Gasteiger charge is 2.13. The summed E-state index contributed by atoms with van der Waals surface area (Å²) in [5.74, 6) is 0.274. The highest BCUT2D eigenvalue weighted by atomic mass is 16.1. The number of hydrogen-bond acceptors (Lipinski definition) is 2. The number of carbonyl (C=O) groups is 1. The minimum atomic E-state index is 0.274. The van der Waals surface area contributed by atoms with Crippen LogP contribution in [0, 0.1) is 0 Å². The summed E-state index contributed by atoms with van der Waals surface area (Å²) in [6.07, 6.45) is 9.86. The number of allylic oxidation sites excluding steroid dienone is 2. The summed E-state index contributed by atoms with van der Waals surface area (Å²) >= 11 is 0. The molecule has 2 nitrogen and oxygen atoms in total. The van der Waals surface area contributed by atoms with Crippen LogP contribution in [-0.2, 0) is 4.79 Å². The van der Waals surface area contributed by atoms with Crippen LogP contribution in [0.3, 0.4) is 0 Å². The van der Waals surface area contributed by atoms with Crippen LogP contribution in [0.1, 0.15) is 58.8 Å². The Kier molecular flexibility index (Phi) is 5.44. The maximum atomic E-state index is 11.0. The lowest BCUT2D eigenvalue weighted by molar-refractivity contribution is -0.114. The fourth-order valence-electron chi connectivity index (χ4n) is 1.98. The number of carbonyl (C=O) groups excluding carboxylic acids is 1. The van der Waals surface area contributed by atoms with Crippen molar-refractivity contribution in [3.8, 4) is 0 Å². The molecule has 1 atom stereocenters. The predicted octanol–water partition coefficient (Wildman–Crippen LogP) is 3.18. The second-order valence-corrected chi connectivity index (χ2v) is 4.53. The molecule has 1 unspecified atom stereocenters. The van der Waals surface area contributed by atoms with Crippen molar-refractivity contribution in [3.05, 3.63) is 11.8 Å². The number of ketones is 1. The Hall–Kier alpha value is -0.790. The molecule has 0 aliphatic heterocycles. The summed E-state index contributed by atoms with van der Waals surface area (Å²) in [5, 5.41) is 3.43. The molecule has 0 aromatic carbocycles. The van der Waals surface area contributed by atoms with E-state index in [0.717, 1.165) is 12.1 Å². The van der Waals surface area contributed by atoms with E-state index in [0.29, 0.717) is 12.5 Å². The lowest BCUT2D eigenvalue weighted by Gasteiger charge is -2.15. The molecule has 2 heteroatoms. The first-order chi connectivity index (χ1) is 7.22. The van der Waals surface area contributed by atoms with E-state index in [-0.39, 0.29) is 5.78 Å². The Balaban J connectivity index is 2.10. The monoisotopic (exact) mass is 209 g/mol. The van der Waals surface area contributed by atoms with Gasteiger partial charge in [0.25, 0.3) is 0 Å². The lowest BCUT2D eigenvalue weighted by Crippen LogP contribution is -2.24. The van der Waals surface area contributed by atoms with Crippen molar-refractivity contribution in [2.75, 3.05) is 0 Å². The van der Waals surface area contributed by atoms with E-state index in [1.165, 1.54) is 32.1 Å². The van der Waals surface area contributed by atoms with E-state index < -0.39 is 0 Å². The Bertz CT molecular complexity index is 233. The zero-order chi connectivity index (χ0) is 11.1. The van der Waals surface area contributed by atoms with Gasteiger partial charge in [-0.2, -0.15) is 0 Å². The predicted molar refractivity (Wildman–Crippen MR) is 63.7 cm³/mol. The van der Waals surface area contributed by atoms with Gasteiger partial charge in [0.1, 0.15) is 0 Å². The van der Waals surface area contributed by atoms with Crippen LogP contribution in [0.5, 0.6) is 0 Å². The van der Waals surface area contributed by atoms with Gasteiger partial charge in [-0.1, -0.05) is 32.6 Å². The first-order valence-corrected chi connectivity index (χ1v) is 6.22. The van der Waals surface area contributed by atoms with Gasteiger partial charge >= 0.3 is 0 Å². The molecule has 1 aliphatic carbocycles. The Morgan fingerprint density at radius 3 is 2.73 bits per heavy atom. The van der Waals surface area contributed by atoms with E-state index in [4.69, 9.17) is 0 Å². The molecule has 0 bridgehead atoms. The lowest BCUT2D eigenvalue weighted by atomic mass is 10.1. The van der Waals surface area contributed by atoms with Crippen molar-refractivity contribution in [1.82, 2.24) is 5.32 Å². The molecule has 0 aromatic heterocycles. The number of nitrogens with one attached hydrogen (secondary N) is 1. The Labute approximate surface area is 93.1 Å². The summed E-state index contributed by atoms with van der Waals surface area (Å²) < 4.78 is 0. The summed E-state index contributed by atoms with van der Waals surface area (Å²) in [7, 11) is 0. The number of unbranched alkanes of at least 4 members (excludes halogenated alkanes) is 3. The summed E-state index contributed by atoms with van der Waals surface area (Å²) in [6, 6.07) is 0.513. The van der Waals surface area contributed by atoms with Gasteiger partial charge in [0, 0.05) is 24.2 Å². The molecule has 0 heterocycles. The van der Waals surface area contributed by atoms with Crippen molar-refractivity contribution in [1.29, 1.82) is 0 Å². The summed E-state index contributed by atoms with van der Waals surface area (Å²) in [6.45, 7) is 4.44. The largest absolute Gasteiger partial charge is 0.386 e. The molecule has 15 heavy (non-hydrogen) atoms. The second-order valence-electron chi connectivity index (χ2n) is 4.53. The van der Waals surface area contributed by atoms with Crippen LogP contribution in [0.15, 0.2) is 11.8 Å². The zero-order valence-electron chi connectivity index (χ0n) is 10.0. The van der Waals surface area contributed by atoms with E-state index in [1.54, 1.807) is 6.08 Å². The van der Waals surface area contributed by atoms with Gasteiger partial charge in [0.15, 0.2) is 5.78 Å². The Morgan fingerprint density at radius 2 is 2.13 bits per heavy atom. The average Bonchev–Trinajstić information content (AvgIpc) is 2.59. The standard InChI is InChI=1S/C13H23NO/c1-3-4-5-6-7-11(2)14-12-8-9-13(15)10-12/h10-11,14H,3-9H2,1-2H3. The molecule has 0 amide bonds. The van der Waals surface area contributed by atoms with Crippen LogP contribution in [0.4, 0.5) is 0 Å². The van der Waals surface area contributed by atoms with Crippen molar-refractivity contribution in [2.24, 2.45) is 0 Å². The van der Waals surface area contributed by atoms with Crippen LogP contribution in [0.25, 0.3) is 0 Å². The van der Waals surface area contributed by atoms with E-state index in [2.05, 4.69) is 19.2 Å². The van der Waals surface area contributed by atoms with Crippen molar-refractivity contribution < 1.29 is 4.79 Å². The second kappa shape index (κ2) is 6.65. The summed E-state index contributed by atoms with van der Waals surface area (Å²) in [5.41, 5.74) is 1.14. The zero-order valence-corrected chi connectivity index (χ0v) is 10.0. The molecular formula is C13H23NO. The molecule has 0 radical (unpaired) electrons. The molecule has 1 aliphatic rings. The number of hydrogen-bond donors (Lipinski definition) is 1. The molecule has 0 aromatic rings. The van der Waals surface area contributed by atoms with Crippen LogP contribution in [0.2, 0.25) is 0 Å². The van der Waals surface area contributed by atoms with Crippen molar-refractivity contribution in [2.45, 2.75) is 64.8 Å². The normalized spacial score (nSPS) is 17.7. The molecule has 0 fully saturated rings. The maximum absolute atomic E-state index is 11.0. The highest BCUT2D eigenvalue weighted by Crippen LogP contribution is 2.14.